The Morgan fingerprint density at radius 2 is 1.81 bits per heavy atom. The quantitative estimate of drug-likeness (QED) is 0.607. The van der Waals surface area contributed by atoms with Gasteiger partial charge in [-0.1, -0.05) is 30.3 Å². The minimum Gasteiger partial charge on any atom is -0.493 e. The molecule has 1 heterocycles. The predicted molar refractivity (Wildman–Crippen MR) is 101 cm³/mol. The molecule has 0 fully saturated rings. The standard InChI is InChI=1S/C19H18N4O3/c1-2-26-15-9-13(12-5-3-11(10-24)4-6-12)7-8-14(15)18-22-17(21)16(20)19(25)23-18/h3-10H,2,20H2,1H3,(H3,21,22,23,25). The zero-order valence-corrected chi connectivity index (χ0v) is 14.2. The maximum absolute atomic E-state index is 11.9. The van der Waals surface area contributed by atoms with E-state index in [1.165, 1.54) is 0 Å². The van der Waals surface area contributed by atoms with Gasteiger partial charge in [-0.3, -0.25) is 9.59 Å². The summed E-state index contributed by atoms with van der Waals surface area (Å²) < 4.78 is 5.72. The van der Waals surface area contributed by atoms with E-state index < -0.39 is 5.56 Å². The van der Waals surface area contributed by atoms with Crippen molar-refractivity contribution in [3.63, 3.8) is 0 Å². The number of nitrogen functional groups attached to an aromatic ring is 2. The lowest BCUT2D eigenvalue weighted by Crippen LogP contribution is -2.17. The number of anilines is 2. The number of benzene rings is 2. The molecule has 0 amide bonds. The first-order valence-electron chi connectivity index (χ1n) is 8.01. The van der Waals surface area contributed by atoms with E-state index in [-0.39, 0.29) is 17.3 Å². The minimum atomic E-state index is -0.497. The van der Waals surface area contributed by atoms with Crippen LogP contribution in [0.15, 0.2) is 47.3 Å². The number of rotatable bonds is 5. The van der Waals surface area contributed by atoms with Crippen LogP contribution in [0.3, 0.4) is 0 Å². The summed E-state index contributed by atoms with van der Waals surface area (Å²) in [6, 6.07) is 12.7. The number of aromatic nitrogens is 2. The first-order chi connectivity index (χ1) is 12.5. The van der Waals surface area contributed by atoms with Gasteiger partial charge in [0.1, 0.15) is 23.5 Å². The molecule has 7 nitrogen and oxygen atoms in total. The Morgan fingerprint density at radius 1 is 1.12 bits per heavy atom. The largest absolute Gasteiger partial charge is 0.493 e. The highest BCUT2D eigenvalue weighted by molar-refractivity contribution is 5.78. The van der Waals surface area contributed by atoms with E-state index in [1.807, 2.05) is 31.2 Å². The van der Waals surface area contributed by atoms with Crippen LogP contribution in [0.1, 0.15) is 17.3 Å². The lowest BCUT2D eigenvalue weighted by atomic mass is 10.0. The molecular formula is C19H18N4O3. The second kappa shape index (κ2) is 7.10. The molecule has 0 atom stereocenters. The highest BCUT2D eigenvalue weighted by Gasteiger charge is 2.13. The van der Waals surface area contributed by atoms with Crippen LogP contribution in [0.5, 0.6) is 5.75 Å². The van der Waals surface area contributed by atoms with E-state index in [9.17, 15) is 9.59 Å². The van der Waals surface area contributed by atoms with Gasteiger partial charge in [-0.25, -0.2) is 4.98 Å². The number of nitrogens with zero attached hydrogens (tertiary/aromatic N) is 1. The number of aromatic amines is 1. The normalized spacial score (nSPS) is 10.5. The molecule has 0 bridgehead atoms. The topological polar surface area (TPSA) is 124 Å². The minimum absolute atomic E-state index is 0.0280. The van der Waals surface area contributed by atoms with Crippen LogP contribution in [0, 0.1) is 0 Å². The van der Waals surface area contributed by atoms with Gasteiger partial charge in [0.05, 0.1) is 12.2 Å². The van der Waals surface area contributed by atoms with E-state index in [0.29, 0.717) is 23.5 Å². The molecule has 0 unspecified atom stereocenters. The Hall–Kier alpha value is -3.61. The second-order valence-corrected chi connectivity index (χ2v) is 5.60. The zero-order chi connectivity index (χ0) is 18.7. The van der Waals surface area contributed by atoms with Crippen LogP contribution in [-0.2, 0) is 0 Å². The van der Waals surface area contributed by atoms with Gasteiger partial charge in [0, 0.05) is 5.56 Å². The van der Waals surface area contributed by atoms with Crippen molar-refractivity contribution in [1.29, 1.82) is 0 Å². The summed E-state index contributed by atoms with van der Waals surface area (Å²) in [6.07, 6.45) is 0.798. The highest BCUT2D eigenvalue weighted by Crippen LogP contribution is 2.33. The third-order valence-corrected chi connectivity index (χ3v) is 3.90. The van der Waals surface area contributed by atoms with Gasteiger partial charge < -0.3 is 21.2 Å². The highest BCUT2D eigenvalue weighted by atomic mass is 16.5. The second-order valence-electron chi connectivity index (χ2n) is 5.60. The van der Waals surface area contributed by atoms with Crippen LogP contribution < -0.4 is 21.8 Å². The smallest absolute Gasteiger partial charge is 0.276 e. The van der Waals surface area contributed by atoms with Gasteiger partial charge in [-0.05, 0) is 30.2 Å². The third kappa shape index (κ3) is 3.27. The van der Waals surface area contributed by atoms with Crippen molar-refractivity contribution in [1.82, 2.24) is 9.97 Å². The van der Waals surface area contributed by atoms with Crippen molar-refractivity contribution >= 4 is 17.8 Å². The molecule has 0 aliphatic rings. The first-order valence-corrected chi connectivity index (χ1v) is 8.01. The number of carbonyl (C=O) groups is 1. The number of nitrogens with two attached hydrogens (primary N) is 2. The summed E-state index contributed by atoms with van der Waals surface area (Å²) in [5.74, 6) is 0.810. The van der Waals surface area contributed by atoms with E-state index in [2.05, 4.69) is 9.97 Å². The van der Waals surface area contributed by atoms with Crippen molar-refractivity contribution < 1.29 is 9.53 Å². The Balaban J connectivity index is 2.09. The molecule has 0 saturated heterocycles. The maximum atomic E-state index is 11.9. The fourth-order valence-electron chi connectivity index (χ4n) is 2.55. The molecular weight excluding hydrogens is 332 g/mol. The molecule has 5 N–H and O–H groups in total. The number of H-pyrrole nitrogens is 1. The van der Waals surface area contributed by atoms with Crippen LogP contribution in [-0.4, -0.2) is 22.9 Å². The van der Waals surface area contributed by atoms with Gasteiger partial charge in [0.15, 0.2) is 5.82 Å². The first kappa shape index (κ1) is 17.2. The van der Waals surface area contributed by atoms with E-state index in [0.717, 1.165) is 17.4 Å². The molecule has 0 saturated carbocycles. The van der Waals surface area contributed by atoms with Crippen LogP contribution in [0.2, 0.25) is 0 Å². The van der Waals surface area contributed by atoms with E-state index in [4.69, 9.17) is 16.2 Å². The fraction of sp³-hybridized carbons (Fsp3) is 0.105. The summed E-state index contributed by atoms with van der Waals surface area (Å²) in [4.78, 5) is 29.4. The molecule has 0 radical (unpaired) electrons. The average molecular weight is 350 g/mol. The molecule has 3 aromatic rings. The maximum Gasteiger partial charge on any atom is 0.276 e. The van der Waals surface area contributed by atoms with Gasteiger partial charge in [-0.2, -0.15) is 0 Å². The van der Waals surface area contributed by atoms with Crippen molar-refractivity contribution in [3.05, 3.63) is 58.4 Å². The molecule has 1 aromatic heterocycles. The number of hydrogen-bond donors (Lipinski definition) is 3. The lowest BCUT2D eigenvalue weighted by molar-refractivity contribution is 0.112. The SMILES string of the molecule is CCOc1cc(-c2ccc(C=O)cc2)ccc1-c1nc(N)c(N)c(=O)[nH]1. The summed E-state index contributed by atoms with van der Waals surface area (Å²) in [5.41, 5.74) is 13.7. The molecule has 3 rings (SSSR count). The van der Waals surface area contributed by atoms with Crippen molar-refractivity contribution in [2.24, 2.45) is 0 Å². The van der Waals surface area contributed by atoms with Crippen LogP contribution in [0.4, 0.5) is 11.5 Å². The summed E-state index contributed by atoms with van der Waals surface area (Å²) >= 11 is 0. The van der Waals surface area contributed by atoms with E-state index in [1.54, 1.807) is 18.2 Å². The van der Waals surface area contributed by atoms with Crippen molar-refractivity contribution in [2.75, 3.05) is 18.1 Å². The molecule has 0 aliphatic heterocycles. The van der Waals surface area contributed by atoms with Gasteiger partial charge in [0.25, 0.3) is 5.56 Å². The number of hydrogen-bond acceptors (Lipinski definition) is 6. The zero-order valence-electron chi connectivity index (χ0n) is 14.2. The van der Waals surface area contributed by atoms with E-state index >= 15 is 0 Å². The van der Waals surface area contributed by atoms with Gasteiger partial charge in [-0.15, -0.1) is 0 Å². The lowest BCUT2D eigenvalue weighted by Gasteiger charge is -2.13. The Morgan fingerprint density at radius 3 is 2.42 bits per heavy atom. The van der Waals surface area contributed by atoms with Gasteiger partial charge in [0.2, 0.25) is 0 Å². The Bertz CT molecular complexity index is 1010. The van der Waals surface area contributed by atoms with Crippen molar-refractivity contribution in [2.45, 2.75) is 6.92 Å². The molecule has 2 aromatic carbocycles. The third-order valence-electron chi connectivity index (χ3n) is 3.90. The summed E-state index contributed by atoms with van der Waals surface area (Å²) in [6.45, 7) is 2.30. The van der Waals surface area contributed by atoms with Gasteiger partial charge >= 0.3 is 0 Å². The Kier molecular flexibility index (Phi) is 4.70. The number of carbonyl (C=O) groups excluding carboxylic acids is 1. The monoisotopic (exact) mass is 350 g/mol. The number of aldehydes is 1. The molecule has 132 valence electrons. The predicted octanol–water partition coefficient (Wildman–Crippen LogP) is 2.48. The number of nitrogens with one attached hydrogen (secondary N) is 1. The average Bonchev–Trinajstić information content (AvgIpc) is 2.66. The Labute approximate surface area is 149 Å². The molecule has 0 aliphatic carbocycles. The molecule has 7 heteroatoms. The number of ether oxygens (including phenoxy) is 1. The summed E-state index contributed by atoms with van der Waals surface area (Å²) in [5, 5.41) is 0. The van der Waals surface area contributed by atoms with Crippen LogP contribution >= 0.6 is 0 Å². The van der Waals surface area contributed by atoms with Crippen molar-refractivity contribution in [3.8, 4) is 28.3 Å². The summed E-state index contributed by atoms with van der Waals surface area (Å²) in [7, 11) is 0. The fourth-order valence-corrected chi connectivity index (χ4v) is 2.55. The molecule has 0 spiro atoms. The van der Waals surface area contributed by atoms with Crippen LogP contribution in [0.25, 0.3) is 22.5 Å². The molecule has 26 heavy (non-hydrogen) atoms.